The summed E-state index contributed by atoms with van der Waals surface area (Å²) < 4.78 is 12.9. The smallest absolute Gasteiger partial charge is 0.226 e. The van der Waals surface area contributed by atoms with Gasteiger partial charge in [0.2, 0.25) is 5.91 Å². The van der Waals surface area contributed by atoms with Crippen molar-refractivity contribution in [3.63, 3.8) is 0 Å². The van der Waals surface area contributed by atoms with E-state index in [0.717, 1.165) is 6.07 Å². The van der Waals surface area contributed by atoms with E-state index < -0.39 is 11.4 Å². The Labute approximate surface area is 99.2 Å². The molecule has 4 nitrogen and oxygen atoms in total. The minimum absolute atomic E-state index is 0.0909. The summed E-state index contributed by atoms with van der Waals surface area (Å²) >= 11 is 0. The summed E-state index contributed by atoms with van der Waals surface area (Å²) in [5, 5.41) is 11.3. The summed E-state index contributed by atoms with van der Waals surface area (Å²) in [7, 11) is 0. The Morgan fingerprint density at radius 3 is 2.76 bits per heavy atom. The van der Waals surface area contributed by atoms with E-state index >= 15 is 0 Å². The number of hydrogen-bond acceptors (Lipinski definition) is 3. The van der Waals surface area contributed by atoms with Gasteiger partial charge in [-0.1, -0.05) is 0 Å². The molecule has 0 aliphatic rings. The van der Waals surface area contributed by atoms with E-state index in [-0.39, 0.29) is 17.9 Å². The molecule has 90 valence electrons. The topological polar surface area (TPSA) is 78.9 Å². The summed E-state index contributed by atoms with van der Waals surface area (Å²) in [6.07, 6.45) is 0.120. The Kier molecular flexibility index (Phi) is 3.81. The third-order valence-corrected chi connectivity index (χ3v) is 1.99. The predicted octanol–water partition coefficient (Wildman–Crippen LogP) is 1.76. The number of hydrogen-bond donors (Lipinski definition) is 2. The highest BCUT2D eigenvalue weighted by molar-refractivity contribution is 5.92. The summed E-state index contributed by atoms with van der Waals surface area (Å²) in [6.45, 7) is 3.45. The van der Waals surface area contributed by atoms with Crippen LogP contribution in [0.5, 0.6) is 0 Å². The Morgan fingerprint density at radius 1 is 1.59 bits per heavy atom. The van der Waals surface area contributed by atoms with Crippen molar-refractivity contribution < 1.29 is 9.18 Å². The molecule has 1 amide bonds. The SMILES string of the molecule is CC(C)(N)CC(=O)Nc1ccc(F)cc1C#N. The highest BCUT2D eigenvalue weighted by atomic mass is 19.1. The van der Waals surface area contributed by atoms with Crippen molar-refractivity contribution in [1.29, 1.82) is 5.26 Å². The molecule has 17 heavy (non-hydrogen) atoms. The van der Waals surface area contributed by atoms with Crippen LogP contribution in [0.2, 0.25) is 0 Å². The maximum absolute atomic E-state index is 12.9. The number of nitrogens with one attached hydrogen (secondary N) is 1. The highest BCUT2D eigenvalue weighted by Crippen LogP contribution is 2.17. The first kappa shape index (κ1) is 13.1. The second-order valence-corrected chi connectivity index (χ2v) is 4.52. The molecule has 1 aromatic carbocycles. The van der Waals surface area contributed by atoms with E-state index in [1.165, 1.54) is 12.1 Å². The lowest BCUT2D eigenvalue weighted by Gasteiger charge is -2.17. The first-order chi connectivity index (χ1) is 7.81. The Hall–Kier alpha value is -1.93. The van der Waals surface area contributed by atoms with Crippen molar-refractivity contribution in [1.82, 2.24) is 0 Å². The van der Waals surface area contributed by atoms with Gasteiger partial charge in [-0.15, -0.1) is 0 Å². The molecule has 0 aromatic heterocycles. The number of carbonyl (C=O) groups is 1. The molecule has 0 saturated heterocycles. The van der Waals surface area contributed by atoms with Gasteiger partial charge in [-0.25, -0.2) is 4.39 Å². The molecule has 0 saturated carbocycles. The van der Waals surface area contributed by atoms with Crippen LogP contribution in [-0.4, -0.2) is 11.4 Å². The molecule has 0 radical (unpaired) electrons. The quantitative estimate of drug-likeness (QED) is 0.837. The van der Waals surface area contributed by atoms with E-state index in [0.29, 0.717) is 5.69 Å². The summed E-state index contributed by atoms with van der Waals surface area (Å²) in [5.41, 5.74) is 5.46. The van der Waals surface area contributed by atoms with Gasteiger partial charge < -0.3 is 11.1 Å². The fourth-order valence-electron chi connectivity index (χ4n) is 1.33. The van der Waals surface area contributed by atoms with Crippen molar-refractivity contribution in [3.8, 4) is 6.07 Å². The molecule has 0 bridgehead atoms. The van der Waals surface area contributed by atoms with Crippen LogP contribution >= 0.6 is 0 Å². The number of benzene rings is 1. The maximum Gasteiger partial charge on any atom is 0.226 e. The van der Waals surface area contributed by atoms with Gasteiger partial charge in [-0.3, -0.25) is 4.79 Å². The largest absolute Gasteiger partial charge is 0.325 e. The lowest BCUT2D eigenvalue weighted by atomic mass is 10.0. The molecule has 5 heteroatoms. The van der Waals surface area contributed by atoms with E-state index in [1.807, 2.05) is 6.07 Å². The van der Waals surface area contributed by atoms with Crippen LogP contribution in [0.1, 0.15) is 25.8 Å². The molecule has 1 rings (SSSR count). The lowest BCUT2D eigenvalue weighted by Crippen LogP contribution is -2.36. The lowest BCUT2D eigenvalue weighted by molar-refractivity contribution is -0.117. The van der Waals surface area contributed by atoms with Gasteiger partial charge in [-0.05, 0) is 32.0 Å². The first-order valence-electron chi connectivity index (χ1n) is 5.10. The fraction of sp³-hybridized carbons (Fsp3) is 0.333. The van der Waals surface area contributed by atoms with Crippen molar-refractivity contribution in [3.05, 3.63) is 29.6 Å². The molecule has 0 unspecified atom stereocenters. The minimum Gasteiger partial charge on any atom is -0.325 e. The molecular formula is C12H14FN3O. The molecule has 0 aliphatic heterocycles. The number of anilines is 1. The van der Waals surface area contributed by atoms with Gasteiger partial charge in [0, 0.05) is 12.0 Å². The number of nitriles is 1. The highest BCUT2D eigenvalue weighted by Gasteiger charge is 2.17. The third kappa shape index (κ3) is 4.21. The molecule has 0 heterocycles. The predicted molar refractivity (Wildman–Crippen MR) is 62.6 cm³/mol. The van der Waals surface area contributed by atoms with Gasteiger partial charge in [0.15, 0.2) is 0 Å². The zero-order valence-electron chi connectivity index (χ0n) is 9.75. The zero-order valence-corrected chi connectivity index (χ0v) is 9.75. The summed E-state index contributed by atoms with van der Waals surface area (Å²) in [6, 6.07) is 5.43. The van der Waals surface area contributed by atoms with Crippen LogP contribution in [0.25, 0.3) is 0 Å². The number of nitrogens with two attached hydrogens (primary N) is 1. The second-order valence-electron chi connectivity index (χ2n) is 4.52. The van der Waals surface area contributed by atoms with E-state index in [2.05, 4.69) is 5.32 Å². The van der Waals surface area contributed by atoms with Crippen molar-refractivity contribution in [2.24, 2.45) is 5.73 Å². The van der Waals surface area contributed by atoms with Crippen LogP contribution in [-0.2, 0) is 4.79 Å². The molecule has 0 fully saturated rings. The summed E-state index contributed by atoms with van der Waals surface area (Å²) in [4.78, 5) is 11.6. The van der Waals surface area contributed by atoms with Crippen LogP contribution in [0.15, 0.2) is 18.2 Å². The Morgan fingerprint density at radius 2 is 2.24 bits per heavy atom. The molecule has 0 spiro atoms. The average molecular weight is 235 g/mol. The van der Waals surface area contributed by atoms with Crippen molar-refractivity contribution in [2.45, 2.75) is 25.8 Å². The Bertz CT molecular complexity index is 472. The third-order valence-electron chi connectivity index (χ3n) is 1.99. The molecule has 0 aliphatic carbocycles. The van der Waals surface area contributed by atoms with Gasteiger partial charge >= 0.3 is 0 Å². The monoisotopic (exact) mass is 235 g/mol. The average Bonchev–Trinajstić information content (AvgIpc) is 2.17. The van der Waals surface area contributed by atoms with Gasteiger partial charge in [-0.2, -0.15) is 5.26 Å². The number of rotatable bonds is 3. The van der Waals surface area contributed by atoms with Crippen LogP contribution in [0.4, 0.5) is 10.1 Å². The van der Waals surface area contributed by atoms with E-state index in [9.17, 15) is 9.18 Å². The van der Waals surface area contributed by atoms with Gasteiger partial charge in [0.25, 0.3) is 0 Å². The second kappa shape index (κ2) is 4.93. The van der Waals surface area contributed by atoms with Crippen LogP contribution < -0.4 is 11.1 Å². The van der Waals surface area contributed by atoms with Crippen molar-refractivity contribution in [2.75, 3.05) is 5.32 Å². The van der Waals surface area contributed by atoms with E-state index in [4.69, 9.17) is 11.0 Å². The number of amides is 1. The number of nitrogens with zero attached hydrogens (tertiary/aromatic N) is 1. The molecule has 1 aromatic rings. The van der Waals surface area contributed by atoms with E-state index in [1.54, 1.807) is 13.8 Å². The van der Waals surface area contributed by atoms with Crippen LogP contribution in [0, 0.1) is 17.1 Å². The molecular weight excluding hydrogens is 221 g/mol. The van der Waals surface area contributed by atoms with Crippen LogP contribution in [0.3, 0.4) is 0 Å². The standard InChI is InChI=1S/C12H14FN3O/c1-12(2,15)6-11(17)16-10-4-3-9(13)5-8(10)7-14/h3-5H,6,15H2,1-2H3,(H,16,17). The fourth-order valence-corrected chi connectivity index (χ4v) is 1.33. The molecule has 3 N–H and O–H groups in total. The first-order valence-corrected chi connectivity index (χ1v) is 5.10. The normalized spacial score (nSPS) is 10.8. The van der Waals surface area contributed by atoms with Gasteiger partial charge in [0.1, 0.15) is 11.9 Å². The maximum atomic E-state index is 12.9. The Balaban J connectivity index is 2.83. The molecule has 0 atom stereocenters. The number of carbonyl (C=O) groups excluding carboxylic acids is 1. The minimum atomic E-state index is -0.628. The zero-order chi connectivity index (χ0) is 13.1. The van der Waals surface area contributed by atoms with Gasteiger partial charge in [0.05, 0.1) is 11.3 Å². The van der Waals surface area contributed by atoms with Crippen molar-refractivity contribution >= 4 is 11.6 Å². The number of halogens is 1. The summed E-state index contributed by atoms with van der Waals surface area (Å²) in [5.74, 6) is -0.820.